The smallest absolute Gasteiger partial charge is 0.0492 e. The molecule has 0 saturated carbocycles. The lowest BCUT2D eigenvalue weighted by molar-refractivity contribution is 0.0439. The molecule has 0 aromatic carbocycles. The quantitative estimate of drug-likeness (QED) is 0.813. The summed E-state index contributed by atoms with van der Waals surface area (Å²) in [6.45, 7) is 6.80. The van der Waals surface area contributed by atoms with Crippen LogP contribution in [0.25, 0.3) is 0 Å². The Hall–Kier alpha value is -0.910. The Morgan fingerprint density at radius 3 is 2.86 bits per heavy atom. The van der Waals surface area contributed by atoms with Crippen LogP contribution in [-0.2, 0) is 11.3 Å². The predicted octanol–water partition coefficient (Wildman–Crippen LogP) is 1.88. The molecule has 2 saturated heterocycles. The maximum Gasteiger partial charge on any atom is 0.0492 e. The summed E-state index contributed by atoms with van der Waals surface area (Å²) in [7, 11) is 1.80. The van der Waals surface area contributed by atoms with Crippen molar-refractivity contribution in [3.05, 3.63) is 18.0 Å². The summed E-state index contributed by atoms with van der Waals surface area (Å²) < 4.78 is 5.21. The van der Waals surface area contributed by atoms with Gasteiger partial charge in [-0.2, -0.15) is 5.10 Å². The Morgan fingerprint density at radius 1 is 1.29 bits per heavy atom. The molecule has 3 rings (SSSR count). The molecule has 0 unspecified atom stereocenters. The van der Waals surface area contributed by atoms with Crippen molar-refractivity contribution in [1.82, 2.24) is 20.0 Å². The van der Waals surface area contributed by atoms with Crippen LogP contribution < -0.4 is 0 Å². The summed E-state index contributed by atoms with van der Waals surface area (Å²) in [5, 5.41) is 7.11. The number of hydrogen-bond donors (Lipinski definition) is 1. The molecule has 2 aliphatic heterocycles. The second kappa shape index (κ2) is 6.90. The summed E-state index contributed by atoms with van der Waals surface area (Å²) in [5.41, 5.74) is 1.72. The molecule has 1 aromatic heterocycles. The first-order chi connectivity index (χ1) is 10.3. The lowest BCUT2D eigenvalue weighted by Gasteiger charge is -2.45. The van der Waals surface area contributed by atoms with Gasteiger partial charge in [0.15, 0.2) is 0 Å². The van der Waals surface area contributed by atoms with E-state index >= 15 is 0 Å². The maximum absolute atomic E-state index is 5.21. The normalized spacial score (nSPS) is 23.1. The minimum Gasteiger partial charge on any atom is -0.385 e. The number of rotatable bonds is 6. The summed E-state index contributed by atoms with van der Waals surface area (Å²) in [5.74, 6) is 0. The molecule has 118 valence electrons. The molecule has 1 aromatic rings. The van der Waals surface area contributed by atoms with Gasteiger partial charge in [-0.25, -0.2) is 0 Å². The van der Waals surface area contributed by atoms with Crippen molar-refractivity contribution in [1.29, 1.82) is 0 Å². The van der Waals surface area contributed by atoms with Crippen molar-refractivity contribution in [2.45, 2.75) is 44.2 Å². The molecule has 1 spiro atoms. The van der Waals surface area contributed by atoms with Crippen molar-refractivity contribution >= 4 is 0 Å². The van der Waals surface area contributed by atoms with Crippen LogP contribution >= 0.6 is 0 Å². The first-order valence-corrected chi connectivity index (χ1v) is 8.27. The maximum atomic E-state index is 5.21. The highest BCUT2D eigenvalue weighted by Gasteiger charge is 2.42. The number of nitrogens with one attached hydrogen (secondary N) is 1. The third-order valence-corrected chi connectivity index (χ3v) is 5.26. The fourth-order valence-corrected chi connectivity index (χ4v) is 4.05. The minimum absolute atomic E-state index is 0.484. The zero-order valence-electron chi connectivity index (χ0n) is 13.2. The van der Waals surface area contributed by atoms with Gasteiger partial charge < -0.3 is 4.74 Å². The van der Waals surface area contributed by atoms with Gasteiger partial charge in [0.2, 0.25) is 0 Å². The number of aromatic amines is 1. The minimum atomic E-state index is 0.484. The summed E-state index contributed by atoms with van der Waals surface area (Å²) in [6, 6.07) is 2.08. The molecule has 21 heavy (non-hydrogen) atoms. The molecule has 0 radical (unpaired) electrons. The first kappa shape index (κ1) is 15.0. The number of piperidine rings is 1. The number of hydrogen-bond acceptors (Lipinski definition) is 4. The van der Waals surface area contributed by atoms with Crippen LogP contribution in [0.4, 0.5) is 0 Å². The topological polar surface area (TPSA) is 44.4 Å². The zero-order valence-corrected chi connectivity index (χ0v) is 13.2. The first-order valence-electron chi connectivity index (χ1n) is 8.27. The van der Waals surface area contributed by atoms with Crippen LogP contribution in [0.3, 0.4) is 0 Å². The van der Waals surface area contributed by atoms with E-state index in [1.807, 2.05) is 6.20 Å². The van der Waals surface area contributed by atoms with Crippen LogP contribution in [-0.4, -0.2) is 65.4 Å². The van der Waals surface area contributed by atoms with Gasteiger partial charge in [0.05, 0.1) is 0 Å². The van der Waals surface area contributed by atoms with Crippen LogP contribution in [0.1, 0.15) is 37.8 Å². The van der Waals surface area contributed by atoms with Crippen LogP contribution in [0.5, 0.6) is 0 Å². The lowest BCUT2D eigenvalue weighted by Crippen LogP contribution is -2.52. The van der Waals surface area contributed by atoms with E-state index in [1.165, 1.54) is 57.6 Å². The highest BCUT2D eigenvalue weighted by Crippen LogP contribution is 2.38. The third-order valence-electron chi connectivity index (χ3n) is 5.26. The Balaban J connectivity index is 1.51. The van der Waals surface area contributed by atoms with Crippen molar-refractivity contribution in [3.8, 4) is 0 Å². The summed E-state index contributed by atoms with van der Waals surface area (Å²) in [6.07, 6.45) is 8.39. The van der Waals surface area contributed by atoms with Crippen molar-refractivity contribution in [2.24, 2.45) is 0 Å². The Morgan fingerprint density at radius 2 is 2.14 bits per heavy atom. The average Bonchev–Trinajstić information content (AvgIpc) is 3.13. The van der Waals surface area contributed by atoms with E-state index < -0.39 is 0 Å². The molecule has 2 aliphatic rings. The summed E-state index contributed by atoms with van der Waals surface area (Å²) >= 11 is 0. The van der Waals surface area contributed by atoms with E-state index in [0.29, 0.717) is 5.54 Å². The average molecular weight is 292 g/mol. The van der Waals surface area contributed by atoms with E-state index in [1.54, 1.807) is 7.11 Å². The van der Waals surface area contributed by atoms with Gasteiger partial charge in [0.25, 0.3) is 0 Å². The molecule has 1 N–H and O–H groups in total. The van der Waals surface area contributed by atoms with Gasteiger partial charge in [0.1, 0.15) is 0 Å². The second-order valence-electron chi connectivity index (χ2n) is 6.52. The Bertz CT molecular complexity index is 412. The molecule has 5 nitrogen and oxygen atoms in total. The van der Waals surface area contributed by atoms with Gasteiger partial charge in [-0.05, 0) is 44.7 Å². The van der Waals surface area contributed by atoms with E-state index in [0.717, 1.165) is 19.6 Å². The molecule has 2 fully saturated rings. The number of aromatic nitrogens is 2. The molecule has 0 aliphatic carbocycles. The number of H-pyrrole nitrogens is 1. The number of likely N-dealkylation sites (tertiary alicyclic amines) is 2. The van der Waals surface area contributed by atoms with Crippen LogP contribution in [0.15, 0.2) is 12.3 Å². The van der Waals surface area contributed by atoms with Crippen LogP contribution in [0.2, 0.25) is 0 Å². The van der Waals surface area contributed by atoms with Crippen molar-refractivity contribution in [3.63, 3.8) is 0 Å². The van der Waals surface area contributed by atoms with Gasteiger partial charge in [-0.1, -0.05) is 0 Å². The second-order valence-corrected chi connectivity index (χ2v) is 6.52. The van der Waals surface area contributed by atoms with E-state index in [2.05, 4.69) is 26.1 Å². The fraction of sp³-hybridized carbons (Fsp3) is 0.812. The van der Waals surface area contributed by atoms with E-state index in [4.69, 9.17) is 4.74 Å². The highest BCUT2D eigenvalue weighted by molar-refractivity contribution is 5.02. The standard InChI is InChI=1S/C16H28N4O/c1-21-13-3-10-20-9-2-5-16(20)6-11-19(12-7-16)14-15-4-8-17-18-15/h4,8H,2-3,5-7,9-14H2,1H3,(H,17,18). The third kappa shape index (κ3) is 3.47. The molecular formula is C16H28N4O. The molecule has 0 atom stereocenters. The fourth-order valence-electron chi connectivity index (χ4n) is 4.05. The lowest BCUT2D eigenvalue weighted by atomic mass is 9.85. The Labute approximate surface area is 127 Å². The van der Waals surface area contributed by atoms with E-state index in [-0.39, 0.29) is 0 Å². The van der Waals surface area contributed by atoms with Crippen molar-refractivity contribution in [2.75, 3.05) is 39.9 Å². The number of nitrogens with zero attached hydrogens (tertiary/aromatic N) is 3. The molecular weight excluding hydrogens is 264 g/mol. The van der Waals surface area contributed by atoms with Crippen LogP contribution in [0, 0.1) is 0 Å². The van der Waals surface area contributed by atoms with Gasteiger partial charge in [0, 0.05) is 57.3 Å². The van der Waals surface area contributed by atoms with Crippen molar-refractivity contribution < 1.29 is 4.74 Å². The van der Waals surface area contributed by atoms with E-state index in [9.17, 15) is 0 Å². The molecule has 5 heteroatoms. The molecule has 3 heterocycles. The highest BCUT2D eigenvalue weighted by atomic mass is 16.5. The monoisotopic (exact) mass is 292 g/mol. The number of ether oxygens (including phenoxy) is 1. The zero-order chi connectivity index (χ0) is 14.5. The number of methoxy groups -OCH3 is 1. The Kier molecular flexibility index (Phi) is 4.93. The summed E-state index contributed by atoms with van der Waals surface area (Å²) in [4.78, 5) is 5.31. The predicted molar refractivity (Wildman–Crippen MR) is 83.1 cm³/mol. The van der Waals surface area contributed by atoms with Gasteiger partial charge >= 0.3 is 0 Å². The largest absolute Gasteiger partial charge is 0.385 e. The molecule has 0 bridgehead atoms. The van der Waals surface area contributed by atoms with Gasteiger partial charge in [-0.3, -0.25) is 14.9 Å². The SMILES string of the molecule is COCCCN1CCCC12CCN(Cc1ccn[nH]1)CC2. The van der Waals surface area contributed by atoms with Gasteiger partial charge in [-0.15, -0.1) is 0 Å². The molecule has 0 amide bonds.